The lowest BCUT2D eigenvalue weighted by Gasteiger charge is -2.36. The number of morpholine rings is 1. The van der Waals surface area contributed by atoms with Gasteiger partial charge in [-0.1, -0.05) is 6.07 Å². The van der Waals surface area contributed by atoms with Crippen LogP contribution >= 0.6 is 0 Å². The van der Waals surface area contributed by atoms with Crippen molar-refractivity contribution < 1.29 is 19.1 Å². The molecule has 0 spiro atoms. The van der Waals surface area contributed by atoms with E-state index in [0.29, 0.717) is 70.2 Å². The van der Waals surface area contributed by atoms with E-state index in [-0.39, 0.29) is 17.7 Å². The van der Waals surface area contributed by atoms with Gasteiger partial charge < -0.3 is 24.4 Å². The molecule has 176 valence electrons. The Balaban J connectivity index is 1.25. The van der Waals surface area contributed by atoms with Gasteiger partial charge in [-0.25, -0.2) is 4.98 Å². The predicted octanol–water partition coefficient (Wildman–Crippen LogP) is 0.529. The van der Waals surface area contributed by atoms with Crippen molar-refractivity contribution in [3.8, 4) is 0 Å². The molecule has 0 atom stereocenters. The molecule has 2 saturated heterocycles. The minimum absolute atomic E-state index is 0.0928. The van der Waals surface area contributed by atoms with Crippen LogP contribution in [0.5, 0.6) is 0 Å². The molecule has 2 aliphatic rings. The summed E-state index contributed by atoms with van der Waals surface area (Å²) in [5, 5.41) is 2.85. The molecule has 10 heteroatoms. The SMILES string of the molecule is O=C(CCn1ccnc1)Nc1cccc(C(=O)N2CCN(C(=O)CN3CCOCC3)CC2)c1. The van der Waals surface area contributed by atoms with Crippen LogP contribution in [0.3, 0.4) is 0 Å². The van der Waals surface area contributed by atoms with Gasteiger partial charge in [0.2, 0.25) is 11.8 Å². The number of hydrogen-bond acceptors (Lipinski definition) is 6. The second-order valence-electron chi connectivity index (χ2n) is 8.24. The summed E-state index contributed by atoms with van der Waals surface area (Å²) < 4.78 is 7.17. The highest BCUT2D eigenvalue weighted by Crippen LogP contribution is 2.15. The van der Waals surface area contributed by atoms with Gasteiger partial charge in [0, 0.05) is 75.9 Å². The van der Waals surface area contributed by atoms with Gasteiger partial charge in [0.1, 0.15) is 0 Å². The standard InChI is InChI=1S/C23H30N6O4/c30-21(4-6-27-7-5-24-18-27)25-20-3-1-2-19(16-20)23(32)29-10-8-28(9-11-29)22(31)17-26-12-14-33-15-13-26/h1-3,5,7,16,18H,4,6,8-15,17H2,(H,25,30). The lowest BCUT2D eigenvalue weighted by Crippen LogP contribution is -2.53. The Hall–Kier alpha value is -3.24. The summed E-state index contributed by atoms with van der Waals surface area (Å²) in [6, 6.07) is 6.99. The average molecular weight is 455 g/mol. The summed E-state index contributed by atoms with van der Waals surface area (Å²) in [5.41, 5.74) is 1.12. The first-order chi connectivity index (χ1) is 16.1. The fourth-order valence-corrected chi connectivity index (χ4v) is 4.00. The van der Waals surface area contributed by atoms with Crippen LogP contribution in [-0.4, -0.2) is 101 Å². The summed E-state index contributed by atoms with van der Waals surface area (Å²) in [5.74, 6) is -0.116. The van der Waals surface area contributed by atoms with Crippen molar-refractivity contribution in [1.29, 1.82) is 0 Å². The third kappa shape index (κ3) is 6.39. The number of aromatic nitrogens is 2. The van der Waals surface area contributed by atoms with Crippen LogP contribution < -0.4 is 5.32 Å². The monoisotopic (exact) mass is 454 g/mol. The molecule has 2 aromatic rings. The molecule has 0 radical (unpaired) electrons. The molecule has 0 bridgehead atoms. The van der Waals surface area contributed by atoms with Gasteiger partial charge in [0.15, 0.2) is 0 Å². The molecular formula is C23H30N6O4. The Bertz CT molecular complexity index is 950. The van der Waals surface area contributed by atoms with Gasteiger partial charge in [-0.2, -0.15) is 0 Å². The van der Waals surface area contributed by atoms with Crippen LogP contribution in [0.15, 0.2) is 43.0 Å². The third-order valence-electron chi connectivity index (χ3n) is 5.93. The van der Waals surface area contributed by atoms with E-state index in [1.165, 1.54) is 0 Å². The van der Waals surface area contributed by atoms with Gasteiger partial charge in [-0.15, -0.1) is 0 Å². The topological polar surface area (TPSA) is 100 Å². The number of carbonyl (C=O) groups excluding carboxylic acids is 3. The van der Waals surface area contributed by atoms with Crippen molar-refractivity contribution in [1.82, 2.24) is 24.3 Å². The molecule has 3 amide bonds. The highest BCUT2D eigenvalue weighted by molar-refractivity contribution is 5.97. The van der Waals surface area contributed by atoms with E-state index >= 15 is 0 Å². The Morgan fingerprint density at radius 2 is 1.76 bits per heavy atom. The van der Waals surface area contributed by atoms with E-state index in [1.807, 2.05) is 15.7 Å². The smallest absolute Gasteiger partial charge is 0.254 e. The number of ether oxygens (including phenoxy) is 1. The summed E-state index contributed by atoms with van der Waals surface area (Å²) >= 11 is 0. The van der Waals surface area contributed by atoms with Crippen LogP contribution in [0.2, 0.25) is 0 Å². The number of imidazole rings is 1. The van der Waals surface area contributed by atoms with Crippen molar-refractivity contribution in [2.24, 2.45) is 0 Å². The summed E-state index contributed by atoms with van der Waals surface area (Å²) in [6.45, 7) is 5.88. The summed E-state index contributed by atoms with van der Waals surface area (Å²) in [4.78, 5) is 47.5. The molecule has 33 heavy (non-hydrogen) atoms. The average Bonchev–Trinajstić information content (AvgIpc) is 3.37. The molecule has 3 heterocycles. The third-order valence-corrected chi connectivity index (χ3v) is 5.93. The predicted molar refractivity (Wildman–Crippen MR) is 122 cm³/mol. The molecule has 1 aromatic carbocycles. The molecule has 0 saturated carbocycles. The molecule has 2 aliphatic heterocycles. The number of hydrogen-bond donors (Lipinski definition) is 1. The van der Waals surface area contributed by atoms with E-state index in [9.17, 15) is 14.4 Å². The number of benzene rings is 1. The first-order valence-corrected chi connectivity index (χ1v) is 11.3. The van der Waals surface area contributed by atoms with E-state index in [4.69, 9.17) is 4.74 Å². The number of nitrogens with one attached hydrogen (secondary N) is 1. The van der Waals surface area contributed by atoms with Gasteiger partial charge in [-0.3, -0.25) is 19.3 Å². The van der Waals surface area contributed by atoms with Gasteiger partial charge >= 0.3 is 0 Å². The number of aryl methyl sites for hydroxylation is 1. The van der Waals surface area contributed by atoms with Crippen molar-refractivity contribution in [2.75, 3.05) is 64.3 Å². The Labute approximate surface area is 193 Å². The minimum atomic E-state index is -0.124. The molecule has 0 unspecified atom stereocenters. The van der Waals surface area contributed by atoms with E-state index in [1.54, 1.807) is 41.7 Å². The number of rotatable bonds is 7. The number of nitrogens with zero attached hydrogens (tertiary/aromatic N) is 5. The number of amides is 3. The number of anilines is 1. The zero-order valence-electron chi connectivity index (χ0n) is 18.7. The quantitative estimate of drug-likeness (QED) is 0.655. The molecule has 1 aromatic heterocycles. The second-order valence-corrected chi connectivity index (χ2v) is 8.24. The molecule has 1 N–H and O–H groups in total. The Morgan fingerprint density at radius 1 is 1.00 bits per heavy atom. The molecule has 0 aliphatic carbocycles. The summed E-state index contributed by atoms with van der Waals surface area (Å²) in [6.07, 6.45) is 5.47. The Kier molecular flexibility index (Phi) is 7.69. The number of carbonyl (C=O) groups is 3. The van der Waals surface area contributed by atoms with Crippen molar-refractivity contribution in [3.05, 3.63) is 48.5 Å². The Morgan fingerprint density at radius 3 is 2.48 bits per heavy atom. The van der Waals surface area contributed by atoms with Crippen LogP contribution in [0, 0.1) is 0 Å². The first-order valence-electron chi connectivity index (χ1n) is 11.3. The lowest BCUT2D eigenvalue weighted by molar-refractivity contribution is -0.134. The van der Waals surface area contributed by atoms with Crippen LogP contribution in [0.25, 0.3) is 0 Å². The van der Waals surface area contributed by atoms with E-state index in [0.717, 1.165) is 13.1 Å². The number of piperazine rings is 1. The molecule has 4 rings (SSSR count). The lowest BCUT2D eigenvalue weighted by atomic mass is 10.1. The van der Waals surface area contributed by atoms with Crippen molar-refractivity contribution in [3.63, 3.8) is 0 Å². The maximum atomic E-state index is 13.0. The fraction of sp³-hybridized carbons (Fsp3) is 0.478. The molecule has 2 fully saturated rings. The zero-order valence-corrected chi connectivity index (χ0v) is 18.7. The zero-order chi connectivity index (χ0) is 23.0. The van der Waals surface area contributed by atoms with Crippen molar-refractivity contribution in [2.45, 2.75) is 13.0 Å². The van der Waals surface area contributed by atoms with Gasteiger partial charge in [0.05, 0.1) is 26.1 Å². The second kappa shape index (κ2) is 11.1. The van der Waals surface area contributed by atoms with Gasteiger partial charge in [-0.05, 0) is 18.2 Å². The van der Waals surface area contributed by atoms with Crippen LogP contribution in [-0.2, 0) is 20.9 Å². The highest BCUT2D eigenvalue weighted by Gasteiger charge is 2.26. The van der Waals surface area contributed by atoms with Crippen LogP contribution in [0.1, 0.15) is 16.8 Å². The maximum Gasteiger partial charge on any atom is 0.254 e. The molecular weight excluding hydrogens is 424 g/mol. The van der Waals surface area contributed by atoms with Crippen molar-refractivity contribution >= 4 is 23.4 Å². The molecule has 10 nitrogen and oxygen atoms in total. The van der Waals surface area contributed by atoms with E-state index < -0.39 is 0 Å². The maximum absolute atomic E-state index is 13.0. The van der Waals surface area contributed by atoms with E-state index in [2.05, 4.69) is 15.2 Å². The van der Waals surface area contributed by atoms with Crippen LogP contribution in [0.4, 0.5) is 5.69 Å². The fourth-order valence-electron chi connectivity index (χ4n) is 4.00. The highest BCUT2D eigenvalue weighted by atomic mass is 16.5. The van der Waals surface area contributed by atoms with Gasteiger partial charge in [0.25, 0.3) is 5.91 Å². The minimum Gasteiger partial charge on any atom is -0.379 e. The first kappa shape index (κ1) is 22.9. The summed E-state index contributed by atoms with van der Waals surface area (Å²) in [7, 11) is 0. The largest absolute Gasteiger partial charge is 0.379 e. The normalized spacial score (nSPS) is 17.1.